The lowest BCUT2D eigenvalue weighted by atomic mass is 10.0. The lowest BCUT2D eigenvalue weighted by Gasteiger charge is -2.22. The highest BCUT2D eigenvalue weighted by Crippen LogP contribution is 2.27. The fourth-order valence-corrected chi connectivity index (χ4v) is 2.21. The molecular weight excluding hydrogens is 248 g/mol. The van der Waals surface area contributed by atoms with Crippen LogP contribution in [0, 0.1) is 0 Å². The number of carbonyl (C=O) groups is 1. The molecule has 3 heteroatoms. The third-order valence-corrected chi connectivity index (χ3v) is 3.38. The van der Waals surface area contributed by atoms with Crippen molar-refractivity contribution in [1.29, 1.82) is 0 Å². The van der Waals surface area contributed by atoms with Crippen LogP contribution in [0.25, 0.3) is 0 Å². The molecule has 0 heterocycles. The number of hydrogen-bond acceptors (Lipinski definition) is 2. The van der Waals surface area contributed by atoms with Crippen LogP contribution in [-0.2, 0) is 0 Å². The zero-order chi connectivity index (χ0) is 14.7. The van der Waals surface area contributed by atoms with E-state index < -0.39 is 0 Å². The number of nitrogens with zero attached hydrogens (tertiary/aromatic N) is 1. The van der Waals surface area contributed by atoms with Crippen molar-refractivity contribution in [3.8, 4) is 0 Å². The van der Waals surface area contributed by atoms with Crippen LogP contribution in [0.15, 0.2) is 48.5 Å². The van der Waals surface area contributed by atoms with Gasteiger partial charge < -0.3 is 10.6 Å². The van der Waals surface area contributed by atoms with Crippen LogP contribution in [-0.4, -0.2) is 13.0 Å². The third kappa shape index (κ3) is 2.82. The van der Waals surface area contributed by atoms with Crippen LogP contribution in [0.4, 0.5) is 11.4 Å². The maximum atomic E-state index is 12.5. The molecule has 0 unspecified atom stereocenters. The average molecular weight is 268 g/mol. The zero-order valence-electron chi connectivity index (χ0n) is 12.1. The Balaban J connectivity index is 2.34. The molecule has 2 aromatic rings. The lowest BCUT2D eigenvalue weighted by Crippen LogP contribution is -2.27. The molecule has 0 spiro atoms. The monoisotopic (exact) mass is 268 g/mol. The normalized spacial score (nSPS) is 10.6. The number of anilines is 2. The van der Waals surface area contributed by atoms with E-state index in [1.807, 2.05) is 18.2 Å². The highest BCUT2D eigenvalue weighted by atomic mass is 16.2. The highest BCUT2D eigenvalue weighted by Gasteiger charge is 2.17. The van der Waals surface area contributed by atoms with Crippen molar-refractivity contribution >= 4 is 17.3 Å². The Kier molecular flexibility index (Phi) is 4.08. The van der Waals surface area contributed by atoms with Crippen LogP contribution in [0.1, 0.15) is 35.7 Å². The van der Waals surface area contributed by atoms with Gasteiger partial charge in [-0.2, -0.15) is 0 Å². The maximum absolute atomic E-state index is 12.5. The van der Waals surface area contributed by atoms with Crippen LogP contribution < -0.4 is 10.6 Å². The molecule has 0 aliphatic carbocycles. The molecule has 0 bridgehead atoms. The Hall–Kier alpha value is -2.29. The third-order valence-electron chi connectivity index (χ3n) is 3.38. The lowest BCUT2D eigenvalue weighted by molar-refractivity contribution is 0.0993. The molecule has 1 amide bonds. The van der Waals surface area contributed by atoms with Gasteiger partial charge in [0.1, 0.15) is 0 Å². The molecule has 0 aliphatic rings. The van der Waals surface area contributed by atoms with Gasteiger partial charge in [0.25, 0.3) is 5.91 Å². The number of para-hydroxylation sites is 1. The Morgan fingerprint density at radius 1 is 1.05 bits per heavy atom. The number of hydrogen-bond donors (Lipinski definition) is 1. The predicted molar refractivity (Wildman–Crippen MR) is 84.1 cm³/mol. The van der Waals surface area contributed by atoms with Gasteiger partial charge in [-0.15, -0.1) is 0 Å². The summed E-state index contributed by atoms with van der Waals surface area (Å²) in [6.07, 6.45) is 0. The molecule has 0 saturated heterocycles. The SMILES string of the molecule is CC(C)c1ccccc1N(C)C(=O)c1ccc(N)cc1. The summed E-state index contributed by atoms with van der Waals surface area (Å²) in [6, 6.07) is 15.0. The second-order valence-electron chi connectivity index (χ2n) is 5.20. The number of amides is 1. The first-order valence-electron chi connectivity index (χ1n) is 6.73. The molecule has 20 heavy (non-hydrogen) atoms. The van der Waals surface area contributed by atoms with Crippen molar-refractivity contribution in [1.82, 2.24) is 0 Å². The van der Waals surface area contributed by atoms with Crippen LogP contribution in [0.5, 0.6) is 0 Å². The van der Waals surface area contributed by atoms with Gasteiger partial charge in [-0.3, -0.25) is 4.79 Å². The summed E-state index contributed by atoms with van der Waals surface area (Å²) in [4.78, 5) is 14.2. The molecule has 0 aromatic heterocycles. The van der Waals surface area contributed by atoms with E-state index in [1.54, 1.807) is 36.2 Å². The molecule has 2 rings (SSSR count). The number of nitrogens with two attached hydrogens (primary N) is 1. The number of nitrogen functional groups attached to an aromatic ring is 1. The summed E-state index contributed by atoms with van der Waals surface area (Å²) in [5.41, 5.74) is 9.07. The van der Waals surface area contributed by atoms with Gasteiger partial charge in [-0.05, 0) is 41.8 Å². The number of rotatable bonds is 3. The molecule has 0 fully saturated rings. The van der Waals surface area contributed by atoms with E-state index in [2.05, 4.69) is 19.9 Å². The minimum absolute atomic E-state index is 0.0295. The molecule has 3 nitrogen and oxygen atoms in total. The van der Waals surface area contributed by atoms with E-state index in [9.17, 15) is 4.79 Å². The van der Waals surface area contributed by atoms with Crippen LogP contribution in [0.3, 0.4) is 0 Å². The van der Waals surface area contributed by atoms with Crippen molar-refractivity contribution in [2.45, 2.75) is 19.8 Å². The van der Waals surface area contributed by atoms with Crippen molar-refractivity contribution in [3.05, 3.63) is 59.7 Å². The first-order chi connectivity index (χ1) is 9.50. The topological polar surface area (TPSA) is 46.3 Å². The summed E-state index contributed by atoms with van der Waals surface area (Å²) in [5, 5.41) is 0. The Morgan fingerprint density at radius 3 is 2.25 bits per heavy atom. The van der Waals surface area contributed by atoms with E-state index in [0.29, 0.717) is 17.2 Å². The molecule has 104 valence electrons. The zero-order valence-corrected chi connectivity index (χ0v) is 12.1. The summed E-state index contributed by atoms with van der Waals surface area (Å²) >= 11 is 0. The smallest absolute Gasteiger partial charge is 0.258 e. The van der Waals surface area contributed by atoms with Crippen molar-refractivity contribution < 1.29 is 4.79 Å². The van der Waals surface area contributed by atoms with E-state index >= 15 is 0 Å². The van der Waals surface area contributed by atoms with Gasteiger partial charge in [0, 0.05) is 24.0 Å². The predicted octanol–water partition coefficient (Wildman–Crippen LogP) is 3.67. The van der Waals surface area contributed by atoms with Gasteiger partial charge >= 0.3 is 0 Å². The molecule has 2 N–H and O–H groups in total. The first kappa shape index (κ1) is 14.1. The second-order valence-corrected chi connectivity index (χ2v) is 5.20. The van der Waals surface area contributed by atoms with E-state index in [4.69, 9.17) is 5.73 Å². The number of benzene rings is 2. The van der Waals surface area contributed by atoms with Gasteiger partial charge in [0.15, 0.2) is 0 Å². The van der Waals surface area contributed by atoms with E-state index in [0.717, 1.165) is 5.69 Å². The molecule has 0 saturated carbocycles. The highest BCUT2D eigenvalue weighted by molar-refractivity contribution is 6.06. The molecule has 0 atom stereocenters. The van der Waals surface area contributed by atoms with Gasteiger partial charge in [0.05, 0.1) is 0 Å². The van der Waals surface area contributed by atoms with Gasteiger partial charge in [0.2, 0.25) is 0 Å². The van der Waals surface area contributed by atoms with Crippen molar-refractivity contribution in [3.63, 3.8) is 0 Å². The summed E-state index contributed by atoms with van der Waals surface area (Å²) in [7, 11) is 1.81. The maximum Gasteiger partial charge on any atom is 0.258 e. The van der Waals surface area contributed by atoms with Gasteiger partial charge in [-0.1, -0.05) is 32.0 Å². The van der Waals surface area contributed by atoms with E-state index in [1.165, 1.54) is 5.56 Å². The number of carbonyl (C=O) groups excluding carboxylic acids is 1. The quantitative estimate of drug-likeness (QED) is 0.863. The molecular formula is C17H20N2O. The molecule has 0 aliphatic heterocycles. The van der Waals surface area contributed by atoms with Gasteiger partial charge in [-0.25, -0.2) is 0 Å². The second kappa shape index (κ2) is 5.78. The summed E-state index contributed by atoms with van der Waals surface area (Å²) < 4.78 is 0. The first-order valence-corrected chi connectivity index (χ1v) is 6.73. The standard InChI is InChI=1S/C17H20N2O/c1-12(2)15-6-4-5-7-16(15)19(3)17(20)13-8-10-14(18)11-9-13/h4-12H,18H2,1-3H3. The minimum Gasteiger partial charge on any atom is -0.399 e. The molecule has 2 aromatic carbocycles. The fraction of sp³-hybridized carbons (Fsp3) is 0.235. The largest absolute Gasteiger partial charge is 0.399 e. The van der Waals surface area contributed by atoms with Crippen molar-refractivity contribution in [2.75, 3.05) is 17.7 Å². The Labute approximate surface area is 120 Å². The summed E-state index contributed by atoms with van der Waals surface area (Å²) in [6.45, 7) is 4.25. The summed E-state index contributed by atoms with van der Waals surface area (Å²) in [5.74, 6) is 0.339. The fourth-order valence-electron chi connectivity index (χ4n) is 2.21. The van der Waals surface area contributed by atoms with Crippen LogP contribution in [0.2, 0.25) is 0 Å². The Bertz CT molecular complexity index is 603. The van der Waals surface area contributed by atoms with Crippen molar-refractivity contribution in [2.24, 2.45) is 0 Å². The molecule has 0 radical (unpaired) electrons. The average Bonchev–Trinajstić information content (AvgIpc) is 2.46. The minimum atomic E-state index is -0.0295. The Morgan fingerprint density at radius 2 is 1.65 bits per heavy atom. The van der Waals surface area contributed by atoms with Crippen LogP contribution >= 0.6 is 0 Å². The van der Waals surface area contributed by atoms with E-state index in [-0.39, 0.29) is 5.91 Å².